The number of hydrogen-bond donors (Lipinski definition) is 1. The number of thioether (sulfide) groups is 1. The first-order chi connectivity index (χ1) is 11.7. The van der Waals surface area contributed by atoms with Crippen LogP contribution in [0.1, 0.15) is 29.0 Å². The Balaban J connectivity index is 2.01. The fourth-order valence-electron chi connectivity index (χ4n) is 3.11. The van der Waals surface area contributed by atoms with Crippen LogP contribution in [-0.4, -0.2) is 14.5 Å². The summed E-state index contributed by atoms with van der Waals surface area (Å²) in [6.45, 7) is 2.12. The predicted molar refractivity (Wildman–Crippen MR) is 95.6 cm³/mol. The van der Waals surface area contributed by atoms with E-state index in [0.717, 1.165) is 34.1 Å². The minimum atomic E-state index is 0.284. The van der Waals surface area contributed by atoms with Gasteiger partial charge in [-0.25, -0.2) is 9.97 Å². The molecule has 0 bridgehead atoms. The summed E-state index contributed by atoms with van der Waals surface area (Å²) in [7, 11) is 0. The van der Waals surface area contributed by atoms with Gasteiger partial charge in [0.25, 0.3) is 0 Å². The van der Waals surface area contributed by atoms with E-state index < -0.39 is 0 Å². The highest BCUT2D eigenvalue weighted by Crippen LogP contribution is 2.46. The molecule has 2 N–H and O–H groups in total. The molecule has 0 spiro atoms. The fraction of sp³-hybridized carbons (Fsp3) is 0.167. The number of nitrogen functional groups attached to an aromatic ring is 1. The van der Waals surface area contributed by atoms with Gasteiger partial charge in [0.2, 0.25) is 0 Å². The first-order valence-electron chi connectivity index (χ1n) is 7.63. The molecule has 3 aromatic rings. The van der Waals surface area contributed by atoms with Crippen molar-refractivity contribution < 1.29 is 0 Å². The van der Waals surface area contributed by atoms with Crippen LogP contribution in [0.15, 0.2) is 42.7 Å². The molecule has 0 saturated carbocycles. The number of aromatic nitrogens is 3. The van der Waals surface area contributed by atoms with E-state index in [4.69, 9.17) is 5.73 Å². The third-order valence-electron chi connectivity index (χ3n) is 4.23. The van der Waals surface area contributed by atoms with E-state index in [-0.39, 0.29) is 5.25 Å². The maximum Gasteiger partial charge on any atom is 0.142 e. The van der Waals surface area contributed by atoms with Crippen molar-refractivity contribution in [3.05, 3.63) is 59.5 Å². The summed E-state index contributed by atoms with van der Waals surface area (Å²) < 4.78 is 1.99. The van der Waals surface area contributed by atoms with Crippen LogP contribution in [0.2, 0.25) is 0 Å². The van der Waals surface area contributed by atoms with Gasteiger partial charge in [0.1, 0.15) is 23.3 Å². The molecule has 0 aliphatic carbocycles. The van der Waals surface area contributed by atoms with Gasteiger partial charge < -0.3 is 10.3 Å². The lowest BCUT2D eigenvalue weighted by Crippen LogP contribution is -2.07. The number of fused-ring (bicyclic) bond motifs is 1. The molecule has 1 aliphatic heterocycles. The Labute approximate surface area is 144 Å². The molecule has 0 fully saturated rings. The van der Waals surface area contributed by atoms with Crippen LogP contribution in [0.5, 0.6) is 0 Å². The number of rotatable bonds is 2. The molecule has 0 radical (unpaired) electrons. The van der Waals surface area contributed by atoms with E-state index in [2.05, 4.69) is 23.0 Å². The minimum Gasteiger partial charge on any atom is -0.383 e. The van der Waals surface area contributed by atoms with Gasteiger partial charge in [-0.15, -0.1) is 11.8 Å². The molecule has 5 nitrogen and oxygen atoms in total. The van der Waals surface area contributed by atoms with Gasteiger partial charge in [0.15, 0.2) is 0 Å². The van der Waals surface area contributed by atoms with Crippen molar-refractivity contribution in [2.24, 2.45) is 0 Å². The average Bonchev–Trinajstić information content (AvgIpc) is 3.22. The van der Waals surface area contributed by atoms with Crippen molar-refractivity contribution in [1.29, 1.82) is 5.26 Å². The van der Waals surface area contributed by atoms with E-state index in [1.807, 2.05) is 52.9 Å². The zero-order valence-electron chi connectivity index (χ0n) is 13.1. The van der Waals surface area contributed by atoms with Crippen LogP contribution < -0.4 is 5.73 Å². The topological polar surface area (TPSA) is 80.5 Å². The maximum atomic E-state index is 9.66. The summed E-state index contributed by atoms with van der Waals surface area (Å²) in [4.78, 5) is 8.91. The van der Waals surface area contributed by atoms with Crippen LogP contribution in [0.3, 0.4) is 0 Å². The number of nitrogens with two attached hydrogens (primary N) is 1. The zero-order chi connectivity index (χ0) is 16.7. The van der Waals surface area contributed by atoms with Crippen LogP contribution >= 0.6 is 11.8 Å². The lowest BCUT2D eigenvalue weighted by molar-refractivity contribution is 0.994. The molecule has 1 atom stereocenters. The summed E-state index contributed by atoms with van der Waals surface area (Å²) in [5.74, 6) is 1.94. The second-order valence-corrected chi connectivity index (χ2v) is 6.96. The lowest BCUT2D eigenvalue weighted by atomic mass is 9.98. The lowest BCUT2D eigenvalue weighted by Gasteiger charge is -2.15. The van der Waals surface area contributed by atoms with Crippen molar-refractivity contribution >= 4 is 17.6 Å². The standard InChI is InChI=1S/C18H15N5S/c1-11-17-13(10-24-11)16(12(9-19)18(20)22-17)14-5-4-8-23(14)15-6-2-3-7-21-15/h2-8,11H,10H2,1H3,(H2,20,22). The Kier molecular flexibility index (Phi) is 3.51. The van der Waals surface area contributed by atoms with Gasteiger partial charge in [-0.1, -0.05) is 6.07 Å². The minimum absolute atomic E-state index is 0.284. The molecule has 0 aromatic carbocycles. The molecule has 0 saturated heterocycles. The third-order valence-corrected chi connectivity index (χ3v) is 5.41. The van der Waals surface area contributed by atoms with E-state index in [9.17, 15) is 5.26 Å². The molecule has 1 aliphatic rings. The largest absolute Gasteiger partial charge is 0.383 e. The molecule has 0 amide bonds. The smallest absolute Gasteiger partial charge is 0.142 e. The van der Waals surface area contributed by atoms with Crippen LogP contribution in [0.4, 0.5) is 5.82 Å². The summed E-state index contributed by atoms with van der Waals surface area (Å²) in [6.07, 6.45) is 3.71. The van der Waals surface area contributed by atoms with Gasteiger partial charge in [-0.2, -0.15) is 5.26 Å². The van der Waals surface area contributed by atoms with E-state index in [1.165, 1.54) is 0 Å². The Morgan fingerprint density at radius 2 is 2.21 bits per heavy atom. The first kappa shape index (κ1) is 14.8. The Morgan fingerprint density at radius 1 is 1.33 bits per heavy atom. The van der Waals surface area contributed by atoms with Gasteiger partial charge in [-0.05, 0) is 36.8 Å². The summed E-state index contributed by atoms with van der Waals surface area (Å²) >= 11 is 1.81. The van der Waals surface area contributed by atoms with E-state index in [1.54, 1.807) is 6.20 Å². The van der Waals surface area contributed by atoms with Crippen LogP contribution in [-0.2, 0) is 5.75 Å². The van der Waals surface area contributed by atoms with E-state index >= 15 is 0 Å². The van der Waals surface area contributed by atoms with Gasteiger partial charge >= 0.3 is 0 Å². The summed E-state index contributed by atoms with van der Waals surface area (Å²) in [6, 6.07) is 12.0. The van der Waals surface area contributed by atoms with E-state index in [0.29, 0.717) is 11.4 Å². The molecule has 24 heavy (non-hydrogen) atoms. The van der Waals surface area contributed by atoms with Crippen molar-refractivity contribution in [2.45, 2.75) is 17.9 Å². The van der Waals surface area contributed by atoms with Crippen molar-refractivity contribution in [3.8, 4) is 23.1 Å². The highest BCUT2D eigenvalue weighted by atomic mass is 32.2. The van der Waals surface area contributed by atoms with Crippen LogP contribution in [0.25, 0.3) is 17.1 Å². The quantitative estimate of drug-likeness (QED) is 0.773. The Morgan fingerprint density at radius 3 is 2.96 bits per heavy atom. The Hall–Kier alpha value is -2.78. The average molecular weight is 333 g/mol. The molecule has 1 unspecified atom stereocenters. The molecule has 6 heteroatoms. The molecule has 118 valence electrons. The number of nitriles is 1. The fourth-order valence-corrected chi connectivity index (χ4v) is 4.17. The van der Waals surface area contributed by atoms with Crippen molar-refractivity contribution in [3.63, 3.8) is 0 Å². The van der Waals surface area contributed by atoms with Crippen molar-refractivity contribution in [1.82, 2.24) is 14.5 Å². The number of hydrogen-bond acceptors (Lipinski definition) is 5. The second kappa shape index (κ2) is 5.69. The number of pyridine rings is 2. The van der Waals surface area contributed by atoms with Crippen molar-refractivity contribution in [2.75, 3.05) is 5.73 Å². The normalized spacial score (nSPS) is 15.9. The van der Waals surface area contributed by atoms with Gasteiger partial charge in [0, 0.05) is 29.0 Å². The third kappa shape index (κ3) is 2.17. The summed E-state index contributed by atoms with van der Waals surface area (Å²) in [5.41, 5.74) is 10.4. The number of nitrogens with zero attached hydrogens (tertiary/aromatic N) is 4. The maximum absolute atomic E-state index is 9.66. The van der Waals surface area contributed by atoms with Gasteiger partial charge in [-0.3, -0.25) is 0 Å². The number of anilines is 1. The molecule has 3 aromatic heterocycles. The highest BCUT2D eigenvalue weighted by molar-refractivity contribution is 7.99. The summed E-state index contributed by atoms with van der Waals surface area (Å²) in [5, 5.41) is 9.94. The molecule has 4 heterocycles. The molecule has 4 rings (SSSR count). The SMILES string of the molecule is CC1SCc2c1nc(N)c(C#N)c2-c1cccn1-c1ccccn1. The first-order valence-corrected chi connectivity index (χ1v) is 8.68. The molecular weight excluding hydrogens is 318 g/mol. The second-order valence-electron chi connectivity index (χ2n) is 5.63. The van der Waals surface area contributed by atoms with Gasteiger partial charge in [0.05, 0.1) is 11.4 Å². The highest BCUT2D eigenvalue weighted by Gasteiger charge is 2.29. The predicted octanol–water partition coefficient (Wildman–Crippen LogP) is 3.70. The Bertz CT molecular complexity index is 956. The zero-order valence-corrected chi connectivity index (χ0v) is 13.9. The monoisotopic (exact) mass is 333 g/mol. The molecular formula is C18H15N5S. The van der Waals surface area contributed by atoms with Crippen LogP contribution in [0, 0.1) is 11.3 Å².